The van der Waals surface area contributed by atoms with Gasteiger partial charge in [-0.2, -0.15) is 0 Å². The van der Waals surface area contributed by atoms with Crippen molar-refractivity contribution in [2.45, 2.75) is 31.2 Å². The number of sulfonamides is 1. The largest absolute Gasteiger partial charge is 0.296 e. The molecule has 0 aromatic heterocycles. The van der Waals surface area contributed by atoms with Crippen LogP contribution in [-0.2, 0) is 14.8 Å². The van der Waals surface area contributed by atoms with E-state index < -0.39 is 10.0 Å². The van der Waals surface area contributed by atoms with E-state index in [2.05, 4.69) is 4.83 Å². The minimum atomic E-state index is -3.58. The van der Waals surface area contributed by atoms with Crippen LogP contribution in [0, 0.1) is 6.92 Å². The second kappa shape index (κ2) is 4.79. The molecule has 1 aliphatic heterocycles. The number of hydrazine groups is 1. The molecule has 0 amide bonds. The standard InChI is InChI=1S/C12H16N2O3S/c1-3-11-12(15)8-14(11)13-18(16,17)10-6-4-9(2)5-7-10/h4-7,11,13H,3,8H2,1-2H3. The molecule has 1 aromatic carbocycles. The molecule has 1 saturated heterocycles. The van der Waals surface area contributed by atoms with Gasteiger partial charge in [0.25, 0.3) is 10.0 Å². The Hall–Kier alpha value is -1.24. The Morgan fingerprint density at radius 2 is 1.94 bits per heavy atom. The summed E-state index contributed by atoms with van der Waals surface area (Å²) in [5.41, 5.74) is 1.000. The molecule has 6 heteroatoms. The zero-order chi connectivity index (χ0) is 13.3. The minimum absolute atomic E-state index is 0.0732. The molecular weight excluding hydrogens is 252 g/mol. The third-order valence-electron chi connectivity index (χ3n) is 3.03. The van der Waals surface area contributed by atoms with Gasteiger partial charge in [-0.15, -0.1) is 4.83 Å². The van der Waals surface area contributed by atoms with Gasteiger partial charge in [0, 0.05) is 0 Å². The van der Waals surface area contributed by atoms with Crippen LogP contribution in [0.1, 0.15) is 18.9 Å². The second-order valence-corrected chi connectivity index (χ2v) is 6.09. The average Bonchev–Trinajstić information content (AvgIpc) is 2.29. The zero-order valence-electron chi connectivity index (χ0n) is 10.4. The van der Waals surface area contributed by atoms with Gasteiger partial charge in [0.2, 0.25) is 0 Å². The summed E-state index contributed by atoms with van der Waals surface area (Å²) in [4.78, 5) is 13.9. The first-order valence-electron chi connectivity index (χ1n) is 5.82. The molecule has 0 saturated carbocycles. The first-order valence-corrected chi connectivity index (χ1v) is 7.31. The molecular formula is C12H16N2O3S. The van der Waals surface area contributed by atoms with E-state index in [4.69, 9.17) is 0 Å². The Bertz CT molecular complexity index is 551. The maximum absolute atomic E-state index is 12.1. The van der Waals surface area contributed by atoms with Gasteiger partial charge in [0.15, 0.2) is 5.78 Å². The quantitative estimate of drug-likeness (QED) is 0.879. The van der Waals surface area contributed by atoms with E-state index in [0.717, 1.165) is 5.56 Å². The number of rotatable bonds is 4. The molecule has 18 heavy (non-hydrogen) atoms. The SMILES string of the molecule is CCC1C(=O)CN1NS(=O)(=O)c1ccc(C)cc1. The molecule has 0 aliphatic carbocycles. The van der Waals surface area contributed by atoms with Crippen LogP contribution in [-0.4, -0.2) is 31.8 Å². The van der Waals surface area contributed by atoms with Gasteiger partial charge >= 0.3 is 0 Å². The van der Waals surface area contributed by atoms with Crippen LogP contribution in [0.15, 0.2) is 29.2 Å². The van der Waals surface area contributed by atoms with Crippen molar-refractivity contribution in [3.8, 4) is 0 Å². The van der Waals surface area contributed by atoms with E-state index in [-0.39, 0.29) is 23.3 Å². The number of Topliss-reactive ketones (excluding diaryl/α,β-unsaturated/α-hetero) is 1. The minimum Gasteiger partial charge on any atom is -0.296 e. The Morgan fingerprint density at radius 3 is 2.44 bits per heavy atom. The summed E-state index contributed by atoms with van der Waals surface area (Å²) in [6.45, 7) is 3.89. The van der Waals surface area contributed by atoms with Gasteiger partial charge in [-0.1, -0.05) is 24.6 Å². The van der Waals surface area contributed by atoms with Crippen LogP contribution < -0.4 is 4.83 Å². The number of carbonyl (C=O) groups excluding carboxylic acids is 1. The van der Waals surface area contributed by atoms with Crippen LogP contribution in [0.4, 0.5) is 0 Å². The summed E-state index contributed by atoms with van der Waals surface area (Å²) in [7, 11) is -3.58. The lowest BCUT2D eigenvalue weighted by Crippen LogP contribution is -2.63. The Kier molecular flexibility index (Phi) is 3.52. The monoisotopic (exact) mass is 268 g/mol. The molecule has 98 valence electrons. The summed E-state index contributed by atoms with van der Waals surface area (Å²) < 4.78 is 24.1. The fourth-order valence-electron chi connectivity index (χ4n) is 1.91. The number of nitrogens with one attached hydrogen (secondary N) is 1. The molecule has 1 aliphatic rings. The molecule has 1 N–H and O–H groups in total. The van der Waals surface area contributed by atoms with E-state index >= 15 is 0 Å². The summed E-state index contributed by atoms with van der Waals surface area (Å²) in [6, 6.07) is 6.27. The normalized spacial score (nSPS) is 20.8. The predicted octanol–water partition coefficient (Wildman–Crippen LogP) is 0.852. The number of benzene rings is 1. The highest BCUT2D eigenvalue weighted by atomic mass is 32.2. The molecule has 1 unspecified atom stereocenters. The topological polar surface area (TPSA) is 66.5 Å². The molecule has 1 aromatic rings. The number of hydrogen-bond donors (Lipinski definition) is 1. The molecule has 1 heterocycles. The number of ketones is 1. The number of carbonyl (C=O) groups is 1. The fourth-order valence-corrected chi connectivity index (χ4v) is 3.01. The predicted molar refractivity (Wildman–Crippen MR) is 67.3 cm³/mol. The first kappa shape index (κ1) is 13.2. The van der Waals surface area contributed by atoms with Gasteiger partial charge < -0.3 is 0 Å². The van der Waals surface area contributed by atoms with E-state index in [0.29, 0.717) is 6.42 Å². The molecule has 0 radical (unpaired) electrons. The summed E-state index contributed by atoms with van der Waals surface area (Å²) in [5.74, 6) is 0.0732. The van der Waals surface area contributed by atoms with Crippen molar-refractivity contribution in [2.75, 3.05) is 6.54 Å². The van der Waals surface area contributed by atoms with Gasteiger partial charge in [0.05, 0.1) is 17.5 Å². The average molecular weight is 268 g/mol. The van der Waals surface area contributed by atoms with Crippen LogP contribution in [0.3, 0.4) is 0 Å². The van der Waals surface area contributed by atoms with E-state index in [1.807, 2.05) is 13.8 Å². The number of nitrogens with zero attached hydrogens (tertiary/aromatic N) is 1. The second-order valence-electron chi connectivity index (χ2n) is 4.43. The zero-order valence-corrected chi connectivity index (χ0v) is 11.2. The Labute approximate surface area is 107 Å². The molecule has 1 fully saturated rings. The van der Waals surface area contributed by atoms with Crippen molar-refractivity contribution in [3.05, 3.63) is 29.8 Å². The van der Waals surface area contributed by atoms with Crippen molar-refractivity contribution < 1.29 is 13.2 Å². The highest BCUT2D eigenvalue weighted by Gasteiger charge is 2.38. The molecule has 0 spiro atoms. The maximum atomic E-state index is 12.1. The van der Waals surface area contributed by atoms with Crippen molar-refractivity contribution in [3.63, 3.8) is 0 Å². The Balaban J connectivity index is 2.13. The maximum Gasteiger partial charge on any atom is 0.253 e. The van der Waals surface area contributed by atoms with Crippen molar-refractivity contribution in [1.29, 1.82) is 0 Å². The third kappa shape index (κ3) is 2.45. The number of aryl methyl sites for hydroxylation is 1. The molecule has 2 rings (SSSR count). The van der Waals surface area contributed by atoms with Crippen LogP contribution in [0.25, 0.3) is 0 Å². The lowest BCUT2D eigenvalue weighted by Gasteiger charge is -2.37. The lowest BCUT2D eigenvalue weighted by atomic mass is 10.0. The van der Waals surface area contributed by atoms with E-state index in [1.165, 1.54) is 5.01 Å². The van der Waals surface area contributed by atoms with Gasteiger partial charge in [-0.25, -0.2) is 13.4 Å². The van der Waals surface area contributed by atoms with E-state index in [9.17, 15) is 13.2 Å². The summed E-state index contributed by atoms with van der Waals surface area (Å²) in [6.07, 6.45) is 0.606. The summed E-state index contributed by atoms with van der Waals surface area (Å²) >= 11 is 0. The third-order valence-corrected chi connectivity index (χ3v) is 4.40. The smallest absolute Gasteiger partial charge is 0.253 e. The van der Waals surface area contributed by atoms with E-state index in [1.54, 1.807) is 24.3 Å². The van der Waals surface area contributed by atoms with Crippen molar-refractivity contribution >= 4 is 15.8 Å². The van der Waals surface area contributed by atoms with Crippen LogP contribution in [0.2, 0.25) is 0 Å². The molecule has 0 bridgehead atoms. The van der Waals surface area contributed by atoms with Gasteiger partial charge in [0.1, 0.15) is 0 Å². The molecule has 1 atom stereocenters. The summed E-state index contributed by atoms with van der Waals surface area (Å²) in [5, 5.41) is 1.47. The number of hydrogen-bond acceptors (Lipinski definition) is 4. The molecule has 5 nitrogen and oxygen atoms in total. The lowest BCUT2D eigenvalue weighted by molar-refractivity contribution is -0.138. The highest BCUT2D eigenvalue weighted by Crippen LogP contribution is 2.17. The first-order chi connectivity index (χ1) is 8.44. The highest BCUT2D eigenvalue weighted by molar-refractivity contribution is 7.89. The van der Waals surface area contributed by atoms with Crippen molar-refractivity contribution in [1.82, 2.24) is 9.84 Å². The van der Waals surface area contributed by atoms with Gasteiger partial charge in [-0.3, -0.25) is 4.79 Å². The van der Waals surface area contributed by atoms with Gasteiger partial charge in [-0.05, 0) is 25.5 Å². The van der Waals surface area contributed by atoms with Crippen molar-refractivity contribution in [2.24, 2.45) is 0 Å². The van der Waals surface area contributed by atoms with Crippen LogP contribution >= 0.6 is 0 Å². The fraction of sp³-hybridized carbons (Fsp3) is 0.417. The van der Waals surface area contributed by atoms with Crippen LogP contribution in [0.5, 0.6) is 0 Å². The Morgan fingerprint density at radius 1 is 1.33 bits per heavy atom.